The Morgan fingerprint density at radius 2 is 1.90 bits per heavy atom. The summed E-state index contributed by atoms with van der Waals surface area (Å²) in [5.74, 6) is -0.196. The maximum Gasteiger partial charge on any atom is 0.128 e. The summed E-state index contributed by atoms with van der Waals surface area (Å²) in [5, 5.41) is 4.11. The van der Waals surface area contributed by atoms with Crippen LogP contribution in [-0.2, 0) is 6.54 Å². The number of hydrogen-bond donors (Lipinski definition) is 1. The van der Waals surface area contributed by atoms with Gasteiger partial charge in [0.15, 0.2) is 0 Å². The van der Waals surface area contributed by atoms with Crippen molar-refractivity contribution in [1.82, 2.24) is 5.32 Å². The van der Waals surface area contributed by atoms with E-state index in [-0.39, 0.29) is 11.9 Å². The van der Waals surface area contributed by atoms with E-state index < -0.39 is 0 Å². The summed E-state index contributed by atoms with van der Waals surface area (Å²) in [6, 6.07) is 13.1. The van der Waals surface area contributed by atoms with Gasteiger partial charge in [-0.1, -0.05) is 52.7 Å². The molecule has 1 N–H and O–H groups in total. The Balaban J connectivity index is 2.05. The fourth-order valence-electron chi connectivity index (χ4n) is 2.09. The summed E-state index contributed by atoms with van der Waals surface area (Å²) in [5.41, 5.74) is 1.83. The minimum Gasteiger partial charge on any atom is -0.306 e. The largest absolute Gasteiger partial charge is 0.306 e. The molecule has 0 saturated heterocycles. The molecule has 1 unspecified atom stereocenters. The summed E-state index contributed by atoms with van der Waals surface area (Å²) in [6.07, 6.45) is 0.930. The average molecular weight is 357 g/mol. The molecule has 0 aliphatic heterocycles. The van der Waals surface area contributed by atoms with Gasteiger partial charge < -0.3 is 5.32 Å². The van der Waals surface area contributed by atoms with Crippen molar-refractivity contribution in [1.29, 1.82) is 0 Å². The van der Waals surface area contributed by atoms with Crippen LogP contribution in [0.4, 0.5) is 4.39 Å². The van der Waals surface area contributed by atoms with Crippen LogP contribution < -0.4 is 5.32 Å². The number of hydrogen-bond acceptors (Lipinski definition) is 1. The van der Waals surface area contributed by atoms with E-state index in [0.29, 0.717) is 12.1 Å². The lowest BCUT2D eigenvalue weighted by molar-refractivity contribution is 0.504. The van der Waals surface area contributed by atoms with Crippen LogP contribution in [0, 0.1) is 5.82 Å². The van der Waals surface area contributed by atoms with Crippen LogP contribution in [0.5, 0.6) is 0 Å². The molecular formula is C16H16BrClFN. The second-order valence-electron chi connectivity index (χ2n) is 4.63. The van der Waals surface area contributed by atoms with Gasteiger partial charge in [0.1, 0.15) is 5.82 Å². The molecule has 0 aliphatic carbocycles. The molecule has 1 atom stereocenters. The van der Waals surface area contributed by atoms with Gasteiger partial charge in [-0.15, -0.1) is 0 Å². The topological polar surface area (TPSA) is 12.0 Å². The van der Waals surface area contributed by atoms with Crippen LogP contribution >= 0.6 is 27.5 Å². The van der Waals surface area contributed by atoms with Crippen molar-refractivity contribution in [2.24, 2.45) is 0 Å². The van der Waals surface area contributed by atoms with E-state index in [0.717, 1.165) is 21.5 Å². The fourth-order valence-corrected chi connectivity index (χ4v) is 2.55. The third kappa shape index (κ3) is 4.05. The number of nitrogens with one attached hydrogen (secondary N) is 1. The molecule has 4 heteroatoms. The van der Waals surface area contributed by atoms with Crippen molar-refractivity contribution in [2.75, 3.05) is 0 Å². The SMILES string of the molecule is CCC(NCc1ccc(Br)cc1F)c1ccc(Cl)cc1. The third-order valence-electron chi connectivity index (χ3n) is 3.23. The van der Waals surface area contributed by atoms with Gasteiger partial charge in [-0.3, -0.25) is 0 Å². The molecule has 0 amide bonds. The smallest absolute Gasteiger partial charge is 0.128 e. The maximum atomic E-state index is 13.8. The van der Waals surface area contributed by atoms with Gasteiger partial charge in [0.05, 0.1) is 0 Å². The lowest BCUT2D eigenvalue weighted by atomic mass is 10.0. The highest BCUT2D eigenvalue weighted by molar-refractivity contribution is 9.10. The standard InChI is InChI=1S/C16H16BrClFN/c1-2-16(11-4-7-14(18)8-5-11)20-10-12-3-6-13(17)9-15(12)19/h3-9,16,20H,2,10H2,1H3. The monoisotopic (exact) mass is 355 g/mol. The van der Waals surface area contributed by atoms with Crippen molar-refractivity contribution in [2.45, 2.75) is 25.9 Å². The van der Waals surface area contributed by atoms with Crippen LogP contribution in [0.3, 0.4) is 0 Å². The molecule has 0 radical (unpaired) electrons. The predicted octanol–water partition coefficient (Wildman–Crippen LogP) is 5.48. The van der Waals surface area contributed by atoms with Gasteiger partial charge in [-0.2, -0.15) is 0 Å². The molecule has 20 heavy (non-hydrogen) atoms. The fraction of sp³-hybridized carbons (Fsp3) is 0.250. The molecule has 0 heterocycles. The van der Waals surface area contributed by atoms with E-state index in [1.807, 2.05) is 30.3 Å². The lowest BCUT2D eigenvalue weighted by Crippen LogP contribution is -2.20. The number of benzene rings is 2. The number of rotatable bonds is 5. The summed E-state index contributed by atoms with van der Waals surface area (Å²) in [4.78, 5) is 0. The van der Waals surface area contributed by atoms with Gasteiger partial charge in [0, 0.05) is 27.6 Å². The molecule has 2 rings (SSSR count). The molecule has 0 aliphatic rings. The van der Waals surface area contributed by atoms with Crippen molar-refractivity contribution >= 4 is 27.5 Å². The summed E-state index contributed by atoms with van der Waals surface area (Å²) in [6.45, 7) is 2.60. The normalized spacial score (nSPS) is 12.4. The Labute approximate surface area is 132 Å². The van der Waals surface area contributed by atoms with Crippen molar-refractivity contribution in [3.05, 3.63) is 68.9 Å². The molecule has 0 saturated carbocycles. The molecule has 0 bridgehead atoms. The first-order valence-corrected chi connectivity index (χ1v) is 7.70. The molecule has 1 nitrogen and oxygen atoms in total. The van der Waals surface area contributed by atoms with Gasteiger partial charge >= 0.3 is 0 Å². The first kappa shape index (κ1) is 15.5. The highest BCUT2D eigenvalue weighted by Gasteiger charge is 2.10. The Kier molecular flexibility index (Phi) is 5.58. The average Bonchev–Trinajstić information content (AvgIpc) is 2.43. The van der Waals surface area contributed by atoms with Crippen molar-refractivity contribution in [3.8, 4) is 0 Å². The zero-order chi connectivity index (χ0) is 14.5. The quantitative estimate of drug-likeness (QED) is 0.747. The summed E-state index contributed by atoms with van der Waals surface area (Å²) in [7, 11) is 0. The van der Waals surface area contributed by atoms with E-state index in [2.05, 4.69) is 28.2 Å². The minimum atomic E-state index is -0.196. The van der Waals surface area contributed by atoms with Crippen LogP contribution in [0.2, 0.25) is 5.02 Å². The maximum absolute atomic E-state index is 13.8. The van der Waals surface area contributed by atoms with Crippen molar-refractivity contribution in [3.63, 3.8) is 0 Å². The third-order valence-corrected chi connectivity index (χ3v) is 3.98. The van der Waals surface area contributed by atoms with E-state index in [9.17, 15) is 4.39 Å². The molecule has 0 aromatic heterocycles. The van der Waals surface area contributed by atoms with Gasteiger partial charge in [0.25, 0.3) is 0 Å². The van der Waals surface area contributed by atoms with Crippen molar-refractivity contribution < 1.29 is 4.39 Å². The first-order chi connectivity index (χ1) is 9.60. The summed E-state index contributed by atoms with van der Waals surface area (Å²) >= 11 is 9.15. The van der Waals surface area contributed by atoms with Gasteiger partial charge in [-0.05, 0) is 36.2 Å². The zero-order valence-corrected chi connectivity index (χ0v) is 13.5. The molecular weight excluding hydrogens is 341 g/mol. The highest BCUT2D eigenvalue weighted by atomic mass is 79.9. The van der Waals surface area contributed by atoms with E-state index in [1.54, 1.807) is 6.07 Å². The van der Waals surface area contributed by atoms with Crippen LogP contribution in [0.15, 0.2) is 46.9 Å². The molecule has 0 fully saturated rings. The molecule has 106 valence electrons. The Morgan fingerprint density at radius 1 is 1.20 bits per heavy atom. The lowest BCUT2D eigenvalue weighted by Gasteiger charge is -2.18. The van der Waals surface area contributed by atoms with Gasteiger partial charge in [0.2, 0.25) is 0 Å². The highest BCUT2D eigenvalue weighted by Crippen LogP contribution is 2.21. The molecule has 2 aromatic carbocycles. The molecule has 0 spiro atoms. The van der Waals surface area contributed by atoms with E-state index >= 15 is 0 Å². The second-order valence-corrected chi connectivity index (χ2v) is 5.98. The minimum absolute atomic E-state index is 0.190. The molecule has 2 aromatic rings. The Morgan fingerprint density at radius 3 is 2.50 bits per heavy atom. The van der Waals surface area contributed by atoms with Crippen LogP contribution in [-0.4, -0.2) is 0 Å². The van der Waals surface area contributed by atoms with Gasteiger partial charge in [-0.25, -0.2) is 4.39 Å². The van der Waals surface area contributed by atoms with Crippen LogP contribution in [0.25, 0.3) is 0 Å². The van der Waals surface area contributed by atoms with Crippen LogP contribution in [0.1, 0.15) is 30.5 Å². The Hall–Kier alpha value is -0.900. The Bertz CT molecular complexity index is 571. The zero-order valence-electron chi connectivity index (χ0n) is 11.2. The predicted molar refractivity (Wildman–Crippen MR) is 85.4 cm³/mol. The van der Waals surface area contributed by atoms with E-state index in [1.165, 1.54) is 6.07 Å². The first-order valence-electron chi connectivity index (χ1n) is 6.53. The number of halogens is 3. The van der Waals surface area contributed by atoms with E-state index in [4.69, 9.17) is 11.6 Å². The second kappa shape index (κ2) is 7.21. The summed E-state index contributed by atoms with van der Waals surface area (Å²) < 4.78 is 14.5.